The SMILES string of the molecule is CCc1cccc2cc(O)cc(-c3ncc4c(N5CCC6CNC(C6)C5)nc(OCCN5CCN(c6cc([C@@H](C(=O)N7C[C@H](O)C[C@H]7C(=O)N[C@@H](C)c7ccc(-c8scnc8C)cc7)C(C)C)on6)CC5)nc4c3F)c12. The standard InChI is InChI=1S/C57H66FN11O6S/c1-6-36-8-7-9-39-23-41(70)24-43(49(36)39)51-50(58)52-44(28-60-51)54(68-15-14-35-22-40(29-68)59-27-35)64-57(63-52)74-21-20-66-16-18-67(19-17-66)47-26-46(75-65-47)48(32(2)3)56(73)69-30-42(71)25-45(69)55(72)62-33(4)37-10-12-38(13-11-37)53-34(5)61-31-76-53/h7-13,23-24,26,28,31-33,35,40,42,45,48,59,70-71H,6,14-22,25,27,29-30H2,1-5H3,(H,62,72)/t33-,35?,40?,42+,45-,48-/m0/s1. The monoisotopic (exact) mass is 1050 g/mol. The number of hydrogen-bond acceptors (Lipinski definition) is 16. The second-order valence-electron chi connectivity index (χ2n) is 21.3. The zero-order chi connectivity index (χ0) is 52.8. The molecule has 2 unspecified atom stereocenters. The number of carbonyl (C=O) groups excluding carboxylic acids is 2. The molecule has 4 saturated heterocycles. The number of nitrogens with one attached hydrogen (secondary N) is 2. The Labute approximate surface area is 445 Å². The van der Waals surface area contributed by atoms with Crippen LogP contribution in [0.3, 0.4) is 0 Å². The van der Waals surface area contributed by atoms with Crippen molar-refractivity contribution in [2.75, 3.05) is 75.3 Å². The normalized spacial score (nSPS) is 20.9. The fourth-order valence-electron chi connectivity index (χ4n) is 11.8. The van der Waals surface area contributed by atoms with Gasteiger partial charge in [0.15, 0.2) is 17.4 Å². The second-order valence-corrected chi connectivity index (χ2v) is 22.2. The average Bonchev–Trinajstić information content (AvgIpc) is 4.26. The molecule has 76 heavy (non-hydrogen) atoms. The van der Waals surface area contributed by atoms with Crippen molar-refractivity contribution in [1.82, 2.24) is 45.5 Å². The second kappa shape index (κ2) is 21.7. The third-order valence-electron chi connectivity index (χ3n) is 15.9. The smallest absolute Gasteiger partial charge is 0.319 e. The van der Waals surface area contributed by atoms with E-state index in [1.165, 1.54) is 4.90 Å². The predicted molar refractivity (Wildman–Crippen MR) is 291 cm³/mol. The molecule has 11 rings (SSSR count). The summed E-state index contributed by atoms with van der Waals surface area (Å²) in [5.41, 5.74) is 6.55. The number of anilines is 2. The number of aliphatic hydroxyl groups excluding tert-OH is 1. The summed E-state index contributed by atoms with van der Waals surface area (Å²) in [6.07, 6.45) is 3.76. The van der Waals surface area contributed by atoms with Crippen LogP contribution < -0.4 is 25.2 Å². The van der Waals surface area contributed by atoms with E-state index in [0.29, 0.717) is 73.0 Å². The van der Waals surface area contributed by atoms with E-state index in [1.54, 1.807) is 29.7 Å². The Kier molecular flexibility index (Phi) is 14.6. The van der Waals surface area contributed by atoms with Crippen LogP contribution in [-0.2, 0) is 16.0 Å². The lowest BCUT2D eigenvalue weighted by Crippen LogP contribution is -2.48. The number of fused-ring (bicyclic) bond motifs is 4. The van der Waals surface area contributed by atoms with E-state index in [9.17, 15) is 19.8 Å². The van der Waals surface area contributed by atoms with Crippen molar-refractivity contribution in [2.24, 2.45) is 11.8 Å². The number of hydrogen-bond donors (Lipinski definition) is 4. The number of halogens is 1. The fraction of sp³-hybridized carbons (Fsp3) is 0.456. The third kappa shape index (κ3) is 10.3. The maximum atomic E-state index is 17.2. The molecule has 4 N–H and O–H groups in total. The molecule has 398 valence electrons. The van der Waals surface area contributed by atoms with Crippen LogP contribution in [0.5, 0.6) is 11.8 Å². The number of rotatable bonds is 15. The Morgan fingerprint density at radius 1 is 0.987 bits per heavy atom. The minimum Gasteiger partial charge on any atom is -0.508 e. The van der Waals surface area contributed by atoms with E-state index in [4.69, 9.17) is 24.2 Å². The first-order valence-corrected chi connectivity index (χ1v) is 27.6. The molecule has 4 aromatic heterocycles. The summed E-state index contributed by atoms with van der Waals surface area (Å²) in [7, 11) is 0. The number of β-amino-alcohol motifs (C(OH)–C–C–N with tert-alkyl or cyclic N) is 1. The molecule has 19 heteroatoms. The molecule has 2 amide bonds. The molecule has 3 aromatic carbocycles. The highest BCUT2D eigenvalue weighted by Crippen LogP contribution is 2.40. The molecule has 0 aliphatic carbocycles. The molecule has 2 bridgehead atoms. The van der Waals surface area contributed by atoms with Crippen LogP contribution in [0.2, 0.25) is 0 Å². The van der Waals surface area contributed by atoms with Gasteiger partial charge in [-0.2, -0.15) is 9.97 Å². The number of phenols is 1. The zero-order valence-electron chi connectivity index (χ0n) is 43.7. The zero-order valence-corrected chi connectivity index (χ0v) is 44.5. The maximum Gasteiger partial charge on any atom is 0.319 e. The molecule has 0 saturated carbocycles. The molecule has 8 heterocycles. The first-order chi connectivity index (χ1) is 36.8. The van der Waals surface area contributed by atoms with E-state index < -0.39 is 23.9 Å². The minimum absolute atomic E-state index is 0.0271. The number of thiazole rings is 1. The topological polar surface area (TPSA) is 198 Å². The van der Waals surface area contributed by atoms with Gasteiger partial charge in [-0.1, -0.05) is 68.4 Å². The molecule has 6 atom stereocenters. The lowest BCUT2D eigenvalue weighted by Gasteiger charge is -2.34. The number of aliphatic hydroxyl groups is 1. The Morgan fingerprint density at radius 3 is 2.57 bits per heavy atom. The Balaban J connectivity index is 0.744. The number of phenolic OH excluding ortho intramolecular Hbond substituents is 1. The summed E-state index contributed by atoms with van der Waals surface area (Å²) < 4.78 is 29.5. The van der Waals surface area contributed by atoms with Crippen molar-refractivity contribution in [3.63, 3.8) is 0 Å². The Bertz CT molecular complexity index is 3250. The molecule has 4 aliphatic rings. The minimum atomic E-state index is -0.844. The summed E-state index contributed by atoms with van der Waals surface area (Å²) in [4.78, 5) is 56.3. The quantitative estimate of drug-likeness (QED) is 0.0781. The number of piperazine rings is 1. The summed E-state index contributed by atoms with van der Waals surface area (Å²) in [5.74, 6) is 0.131. The van der Waals surface area contributed by atoms with Crippen molar-refractivity contribution in [2.45, 2.75) is 90.4 Å². The van der Waals surface area contributed by atoms with Gasteiger partial charge < -0.3 is 44.8 Å². The molecule has 0 radical (unpaired) electrons. The van der Waals surface area contributed by atoms with Crippen LogP contribution in [0.25, 0.3) is 43.4 Å². The van der Waals surface area contributed by atoms with E-state index in [1.807, 2.05) is 81.7 Å². The van der Waals surface area contributed by atoms with Crippen LogP contribution in [0.4, 0.5) is 16.0 Å². The highest BCUT2D eigenvalue weighted by Gasteiger charge is 2.44. The summed E-state index contributed by atoms with van der Waals surface area (Å²) in [6.45, 7) is 15.9. The van der Waals surface area contributed by atoms with Crippen LogP contribution in [0, 0.1) is 24.6 Å². The number of nitrogens with zero attached hydrogens (tertiary/aromatic N) is 9. The lowest BCUT2D eigenvalue weighted by molar-refractivity contribution is -0.141. The third-order valence-corrected chi connectivity index (χ3v) is 16.9. The molecular formula is C57H66FN11O6S. The largest absolute Gasteiger partial charge is 0.508 e. The molecular weight excluding hydrogens is 986 g/mol. The maximum absolute atomic E-state index is 17.2. The number of amides is 2. The van der Waals surface area contributed by atoms with Gasteiger partial charge in [-0.05, 0) is 91.1 Å². The van der Waals surface area contributed by atoms with Gasteiger partial charge in [-0.25, -0.2) is 9.37 Å². The van der Waals surface area contributed by atoms with E-state index in [0.717, 1.165) is 76.9 Å². The fourth-order valence-corrected chi connectivity index (χ4v) is 12.6. The highest BCUT2D eigenvalue weighted by atomic mass is 32.1. The van der Waals surface area contributed by atoms with Gasteiger partial charge in [0.1, 0.15) is 41.3 Å². The van der Waals surface area contributed by atoms with Crippen LogP contribution in [0.15, 0.2) is 76.9 Å². The van der Waals surface area contributed by atoms with Crippen molar-refractivity contribution in [1.29, 1.82) is 0 Å². The Hall–Kier alpha value is -6.80. The van der Waals surface area contributed by atoms with Gasteiger partial charge in [0, 0.05) is 82.6 Å². The number of benzene rings is 3. The van der Waals surface area contributed by atoms with Gasteiger partial charge in [0.05, 0.1) is 33.6 Å². The van der Waals surface area contributed by atoms with Gasteiger partial charge in [-0.3, -0.25) is 19.5 Å². The molecule has 4 aliphatic heterocycles. The number of aromatic nitrogens is 5. The van der Waals surface area contributed by atoms with Gasteiger partial charge in [0.25, 0.3) is 0 Å². The average molecular weight is 1050 g/mol. The predicted octanol–water partition coefficient (Wildman–Crippen LogP) is 7.64. The Morgan fingerprint density at radius 2 is 1.80 bits per heavy atom. The number of likely N-dealkylation sites (tertiary alicyclic amines) is 1. The lowest BCUT2D eigenvalue weighted by atomic mass is 9.91. The number of pyridine rings is 1. The molecule has 7 aromatic rings. The van der Waals surface area contributed by atoms with Crippen molar-refractivity contribution in [3.05, 3.63) is 101 Å². The number of ether oxygens (including phenoxy) is 1. The molecule has 0 spiro atoms. The first kappa shape index (κ1) is 51.3. The van der Waals surface area contributed by atoms with Gasteiger partial charge in [-0.15, -0.1) is 11.3 Å². The van der Waals surface area contributed by atoms with Crippen LogP contribution in [-0.4, -0.2) is 141 Å². The summed E-state index contributed by atoms with van der Waals surface area (Å²) in [5, 5.41) is 34.9. The molecule has 4 fully saturated rings. The van der Waals surface area contributed by atoms with Gasteiger partial charge in [0.2, 0.25) is 11.8 Å². The highest BCUT2D eigenvalue weighted by molar-refractivity contribution is 7.13. The summed E-state index contributed by atoms with van der Waals surface area (Å²) in [6, 6.07) is 18.2. The van der Waals surface area contributed by atoms with Crippen molar-refractivity contribution < 1.29 is 33.5 Å². The number of aromatic hydroxyl groups is 1. The van der Waals surface area contributed by atoms with Gasteiger partial charge >= 0.3 is 6.01 Å². The van der Waals surface area contributed by atoms with Crippen molar-refractivity contribution >= 4 is 56.5 Å². The van der Waals surface area contributed by atoms with E-state index in [2.05, 4.69) is 42.4 Å². The van der Waals surface area contributed by atoms with Crippen molar-refractivity contribution in [3.8, 4) is 33.5 Å². The summed E-state index contributed by atoms with van der Waals surface area (Å²) >= 11 is 1.59. The van der Waals surface area contributed by atoms with E-state index in [-0.39, 0.29) is 66.3 Å². The number of carbonyl (C=O) groups is 2. The van der Waals surface area contributed by atoms with E-state index >= 15 is 4.39 Å². The first-order valence-electron chi connectivity index (χ1n) is 26.8. The molecule has 17 nitrogen and oxygen atoms in total. The number of aryl methyl sites for hydroxylation is 2. The van der Waals surface area contributed by atoms with Crippen LogP contribution in [0.1, 0.15) is 81.5 Å². The van der Waals surface area contributed by atoms with Crippen LogP contribution >= 0.6 is 11.3 Å².